The summed E-state index contributed by atoms with van der Waals surface area (Å²) in [5.74, 6) is 0.445. The third kappa shape index (κ3) is 5.19. The molecule has 3 N–H and O–H groups in total. The van der Waals surface area contributed by atoms with Gasteiger partial charge in [-0.25, -0.2) is 0 Å². The minimum Gasteiger partial charge on any atom is -0.349 e. The molecule has 0 radical (unpaired) electrons. The van der Waals surface area contributed by atoms with Gasteiger partial charge in [-0.15, -0.1) is 12.4 Å². The fourth-order valence-electron chi connectivity index (χ4n) is 3.36. The molecule has 6 heteroatoms. The van der Waals surface area contributed by atoms with Gasteiger partial charge in [-0.3, -0.25) is 9.59 Å². The molecule has 2 fully saturated rings. The van der Waals surface area contributed by atoms with Crippen LogP contribution in [0.25, 0.3) is 0 Å². The number of hydrogen-bond acceptors (Lipinski definition) is 3. The van der Waals surface area contributed by atoms with E-state index in [1.54, 1.807) is 24.3 Å². The van der Waals surface area contributed by atoms with Crippen LogP contribution in [0.3, 0.4) is 0 Å². The summed E-state index contributed by atoms with van der Waals surface area (Å²) in [4.78, 5) is 24.5. The molecule has 5 nitrogen and oxygen atoms in total. The van der Waals surface area contributed by atoms with Gasteiger partial charge in [0, 0.05) is 23.2 Å². The van der Waals surface area contributed by atoms with Crippen molar-refractivity contribution in [2.75, 3.05) is 18.4 Å². The highest BCUT2D eigenvalue weighted by Gasteiger charge is 2.28. The van der Waals surface area contributed by atoms with E-state index in [2.05, 4.69) is 16.0 Å². The van der Waals surface area contributed by atoms with E-state index in [0.717, 1.165) is 31.6 Å². The Bertz CT molecular complexity index is 581. The first kappa shape index (κ1) is 19.7. The molecule has 1 saturated carbocycles. The molecule has 2 amide bonds. The topological polar surface area (TPSA) is 70.2 Å². The molecule has 1 atom stereocenters. The van der Waals surface area contributed by atoms with Gasteiger partial charge in [-0.1, -0.05) is 26.2 Å². The van der Waals surface area contributed by atoms with E-state index < -0.39 is 0 Å². The maximum absolute atomic E-state index is 12.3. The van der Waals surface area contributed by atoms with Crippen molar-refractivity contribution in [3.05, 3.63) is 29.8 Å². The summed E-state index contributed by atoms with van der Waals surface area (Å²) in [7, 11) is 0. The monoisotopic (exact) mass is 365 g/mol. The molecule has 0 bridgehead atoms. The highest BCUT2D eigenvalue weighted by atomic mass is 35.5. The van der Waals surface area contributed by atoms with Gasteiger partial charge in [0.05, 0.1) is 0 Å². The molecule has 2 aliphatic rings. The van der Waals surface area contributed by atoms with E-state index in [0.29, 0.717) is 17.5 Å². The molecular formula is C19H28ClN3O2. The van der Waals surface area contributed by atoms with Crippen molar-refractivity contribution in [1.29, 1.82) is 0 Å². The van der Waals surface area contributed by atoms with Crippen LogP contribution in [-0.2, 0) is 4.79 Å². The average Bonchev–Trinajstić information content (AvgIpc) is 2.54. The Balaban J connectivity index is 0.00000225. The molecular weight excluding hydrogens is 338 g/mol. The molecule has 1 aliphatic heterocycles. The zero-order chi connectivity index (χ0) is 16.9. The third-order valence-corrected chi connectivity index (χ3v) is 5.29. The predicted octanol–water partition coefficient (Wildman–Crippen LogP) is 2.96. The van der Waals surface area contributed by atoms with Crippen molar-refractivity contribution in [3.8, 4) is 0 Å². The van der Waals surface area contributed by atoms with Crippen LogP contribution in [0.5, 0.6) is 0 Å². The number of nitrogens with one attached hydrogen (secondary N) is 3. The standard InChI is InChI=1S/C19H27N3O2.ClH/c1-13(15-11-20-12-15)18(23)21-17-9-7-14(8-10-17)19(24)22-16-5-3-2-4-6-16;/h7-10,13,15-16,20H,2-6,11-12H2,1H3,(H,21,23)(H,22,24);1H. The number of hydrogen-bond donors (Lipinski definition) is 3. The second-order valence-corrected chi connectivity index (χ2v) is 7.08. The number of benzene rings is 1. The van der Waals surface area contributed by atoms with Gasteiger partial charge in [0.15, 0.2) is 0 Å². The number of halogens is 1. The summed E-state index contributed by atoms with van der Waals surface area (Å²) in [5, 5.41) is 9.24. The third-order valence-electron chi connectivity index (χ3n) is 5.29. The number of anilines is 1. The summed E-state index contributed by atoms with van der Waals surface area (Å²) >= 11 is 0. The van der Waals surface area contributed by atoms with Crippen molar-refractivity contribution in [2.45, 2.75) is 45.1 Å². The van der Waals surface area contributed by atoms with Gasteiger partial charge in [0.1, 0.15) is 0 Å². The van der Waals surface area contributed by atoms with Crippen LogP contribution in [0, 0.1) is 11.8 Å². The number of amides is 2. The normalized spacial score (nSPS) is 19.2. The predicted molar refractivity (Wildman–Crippen MR) is 102 cm³/mol. The highest BCUT2D eigenvalue weighted by Crippen LogP contribution is 2.20. The smallest absolute Gasteiger partial charge is 0.251 e. The first-order valence-electron chi connectivity index (χ1n) is 9.06. The van der Waals surface area contributed by atoms with Crippen LogP contribution in [0.4, 0.5) is 5.69 Å². The lowest BCUT2D eigenvalue weighted by Gasteiger charge is -2.31. The summed E-state index contributed by atoms with van der Waals surface area (Å²) in [6.07, 6.45) is 5.83. The van der Waals surface area contributed by atoms with Crippen molar-refractivity contribution in [1.82, 2.24) is 10.6 Å². The van der Waals surface area contributed by atoms with E-state index in [4.69, 9.17) is 0 Å². The van der Waals surface area contributed by atoms with Gasteiger partial charge in [-0.2, -0.15) is 0 Å². The van der Waals surface area contributed by atoms with E-state index in [1.807, 2.05) is 6.92 Å². The molecule has 1 unspecified atom stereocenters. The lowest BCUT2D eigenvalue weighted by Crippen LogP contribution is -2.48. The average molecular weight is 366 g/mol. The first-order valence-corrected chi connectivity index (χ1v) is 9.06. The fourth-order valence-corrected chi connectivity index (χ4v) is 3.36. The summed E-state index contributed by atoms with van der Waals surface area (Å²) in [6, 6.07) is 7.48. The molecule has 138 valence electrons. The number of carbonyl (C=O) groups is 2. The van der Waals surface area contributed by atoms with E-state index >= 15 is 0 Å². The second-order valence-electron chi connectivity index (χ2n) is 7.08. The maximum atomic E-state index is 12.3. The van der Waals surface area contributed by atoms with Crippen LogP contribution in [0.1, 0.15) is 49.4 Å². The molecule has 1 heterocycles. The Morgan fingerprint density at radius 2 is 1.72 bits per heavy atom. The quantitative estimate of drug-likeness (QED) is 0.751. The lowest BCUT2D eigenvalue weighted by atomic mass is 9.88. The van der Waals surface area contributed by atoms with Crippen molar-refractivity contribution in [3.63, 3.8) is 0 Å². The number of carbonyl (C=O) groups excluding carboxylic acids is 2. The van der Waals surface area contributed by atoms with Crippen molar-refractivity contribution in [2.24, 2.45) is 11.8 Å². The highest BCUT2D eigenvalue weighted by molar-refractivity contribution is 5.96. The van der Waals surface area contributed by atoms with Crippen LogP contribution >= 0.6 is 12.4 Å². The van der Waals surface area contributed by atoms with Gasteiger partial charge in [0.2, 0.25) is 5.91 Å². The Morgan fingerprint density at radius 1 is 1.08 bits per heavy atom. The van der Waals surface area contributed by atoms with E-state index in [9.17, 15) is 9.59 Å². The van der Waals surface area contributed by atoms with Gasteiger partial charge in [-0.05, 0) is 56.1 Å². The summed E-state index contributed by atoms with van der Waals surface area (Å²) in [5.41, 5.74) is 1.39. The fraction of sp³-hybridized carbons (Fsp3) is 0.579. The lowest BCUT2D eigenvalue weighted by molar-refractivity contribution is -0.121. The molecule has 1 aromatic carbocycles. The molecule has 1 aromatic rings. The minimum atomic E-state index is -0.0197. The Hall–Kier alpha value is -1.59. The molecule has 3 rings (SSSR count). The molecule has 0 spiro atoms. The Morgan fingerprint density at radius 3 is 2.28 bits per heavy atom. The molecule has 1 aliphatic carbocycles. The largest absolute Gasteiger partial charge is 0.349 e. The van der Waals surface area contributed by atoms with Crippen LogP contribution < -0.4 is 16.0 Å². The van der Waals surface area contributed by atoms with E-state index in [1.165, 1.54) is 19.3 Å². The van der Waals surface area contributed by atoms with Crippen molar-refractivity contribution >= 4 is 29.9 Å². The zero-order valence-electron chi connectivity index (χ0n) is 14.7. The van der Waals surface area contributed by atoms with Gasteiger partial charge >= 0.3 is 0 Å². The summed E-state index contributed by atoms with van der Waals surface area (Å²) < 4.78 is 0. The van der Waals surface area contributed by atoms with Crippen LogP contribution in [-0.4, -0.2) is 30.9 Å². The van der Waals surface area contributed by atoms with Crippen LogP contribution in [0.15, 0.2) is 24.3 Å². The van der Waals surface area contributed by atoms with Gasteiger partial charge in [0.25, 0.3) is 5.91 Å². The van der Waals surface area contributed by atoms with E-state index in [-0.39, 0.29) is 30.1 Å². The SMILES string of the molecule is CC(C(=O)Nc1ccc(C(=O)NC2CCCCC2)cc1)C1CNC1.Cl. The molecule has 25 heavy (non-hydrogen) atoms. The maximum Gasteiger partial charge on any atom is 0.251 e. The minimum absolute atomic E-state index is 0. The van der Waals surface area contributed by atoms with Crippen LogP contribution in [0.2, 0.25) is 0 Å². The molecule has 0 aromatic heterocycles. The number of rotatable bonds is 5. The summed E-state index contributed by atoms with van der Waals surface area (Å²) in [6.45, 7) is 3.79. The van der Waals surface area contributed by atoms with Crippen molar-refractivity contribution < 1.29 is 9.59 Å². The Kier molecular flexibility index (Phi) is 7.26. The second kappa shape index (κ2) is 9.20. The van der Waals surface area contributed by atoms with Gasteiger partial charge < -0.3 is 16.0 Å². The molecule has 1 saturated heterocycles. The Labute approximate surface area is 155 Å². The first-order chi connectivity index (χ1) is 11.6. The zero-order valence-corrected chi connectivity index (χ0v) is 15.5.